The van der Waals surface area contributed by atoms with Gasteiger partial charge in [-0.1, -0.05) is 18.2 Å². The van der Waals surface area contributed by atoms with Crippen LogP contribution in [0, 0.1) is 0 Å². The lowest BCUT2D eigenvalue weighted by Gasteiger charge is -2.31. The third-order valence-corrected chi connectivity index (χ3v) is 4.49. The van der Waals surface area contributed by atoms with Crippen LogP contribution in [0.5, 0.6) is 11.5 Å². The molecule has 20 heavy (non-hydrogen) atoms. The molecule has 0 atom stereocenters. The molecule has 3 nitrogen and oxygen atoms in total. The van der Waals surface area contributed by atoms with Crippen LogP contribution in [0.2, 0.25) is 0 Å². The highest BCUT2D eigenvalue weighted by atomic mass is 16.5. The van der Waals surface area contributed by atoms with Crippen LogP contribution in [-0.4, -0.2) is 26.8 Å². The molecular weight excluding hydrogens is 250 g/mol. The van der Waals surface area contributed by atoms with Crippen LogP contribution in [-0.2, 0) is 5.41 Å². The van der Waals surface area contributed by atoms with E-state index in [1.54, 1.807) is 14.2 Å². The number of ether oxygens (including phenoxy) is 2. The summed E-state index contributed by atoms with van der Waals surface area (Å²) in [5.41, 5.74) is 1.52. The van der Waals surface area contributed by atoms with E-state index in [9.17, 15) is 0 Å². The molecule has 0 aromatic heterocycles. The van der Waals surface area contributed by atoms with E-state index >= 15 is 0 Å². The van der Waals surface area contributed by atoms with E-state index < -0.39 is 0 Å². The Labute approximate surface area is 121 Å². The molecule has 0 bridgehead atoms. The molecular formula is C17H23NO2. The molecule has 0 amide bonds. The second kappa shape index (κ2) is 5.49. The molecule has 3 heteroatoms. The quantitative estimate of drug-likeness (QED) is 0.808. The van der Waals surface area contributed by atoms with Crippen molar-refractivity contribution in [2.45, 2.75) is 37.1 Å². The minimum atomic E-state index is 0.183. The van der Waals surface area contributed by atoms with Crippen molar-refractivity contribution in [2.24, 2.45) is 0 Å². The van der Waals surface area contributed by atoms with Gasteiger partial charge in [-0.3, -0.25) is 0 Å². The summed E-state index contributed by atoms with van der Waals surface area (Å²) < 4.78 is 10.8. The Morgan fingerprint density at radius 3 is 2.40 bits per heavy atom. The fourth-order valence-electron chi connectivity index (χ4n) is 2.98. The summed E-state index contributed by atoms with van der Waals surface area (Å²) in [6.45, 7) is 1.04. The highest BCUT2D eigenvalue weighted by Gasteiger charge is 2.35. The van der Waals surface area contributed by atoms with Crippen LogP contribution in [0.4, 0.5) is 0 Å². The minimum Gasteiger partial charge on any atom is -0.493 e. The average molecular weight is 273 g/mol. The standard InChI is InChI=1S/C17H23NO2/c1-19-15-8-5-13(11-16(15)20-2)17(9-3-4-10-17)12-18-14-6-7-14/h3-5,8,11,14,18H,6-7,9-10,12H2,1-2H3. The first kappa shape index (κ1) is 13.5. The van der Waals surface area contributed by atoms with E-state index in [-0.39, 0.29) is 5.41 Å². The van der Waals surface area contributed by atoms with Crippen molar-refractivity contribution in [1.29, 1.82) is 0 Å². The van der Waals surface area contributed by atoms with Gasteiger partial charge in [0.05, 0.1) is 14.2 Å². The largest absolute Gasteiger partial charge is 0.493 e. The van der Waals surface area contributed by atoms with E-state index in [0.717, 1.165) is 36.9 Å². The molecule has 2 aliphatic carbocycles. The normalized spacial score (nSPS) is 20.1. The number of hydrogen-bond acceptors (Lipinski definition) is 3. The van der Waals surface area contributed by atoms with Crippen molar-refractivity contribution >= 4 is 0 Å². The van der Waals surface area contributed by atoms with E-state index in [2.05, 4.69) is 29.6 Å². The summed E-state index contributed by atoms with van der Waals surface area (Å²) in [4.78, 5) is 0. The van der Waals surface area contributed by atoms with E-state index in [1.807, 2.05) is 6.07 Å². The monoisotopic (exact) mass is 273 g/mol. The number of allylic oxidation sites excluding steroid dienone is 2. The number of rotatable bonds is 6. The molecule has 0 spiro atoms. The Bertz CT molecular complexity index is 498. The Kier molecular flexibility index (Phi) is 3.70. The maximum Gasteiger partial charge on any atom is 0.161 e. The van der Waals surface area contributed by atoms with Gasteiger partial charge in [-0.15, -0.1) is 0 Å². The number of methoxy groups -OCH3 is 2. The molecule has 0 radical (unpaired) electrons. The maximum atomic E-state index is 5.45. The zero-order valence-electron chi connectivity index (χ0n) is 12.3. The highest BCUT2D eigenvalue weighted by molar-refractivity contribution is 5.46. The molecule has 108 valence electrons. The third-order valence-electron chi connectivity index (χ3n) is 4.49. The minimum absolute atomic E-state index is 0.183. The van der Waals surface area contributed by atoms with Gasteiger partial charge in [0.1, 0.15) is 0 Å². The van der Waals surface area contributed by atoms with Gasteiger partial charge in [0.15, 0.2) is 11.5 Å². The van der Waals surface area contributed by atoms with Crippen LogP contribution in [0.3, 0.4) is 0 Å². The SMILES string of the molecule is COc1ccc(C2(CNC3CC3)CC=CC2)cc1OC. The third kappa shape index (κ3) is 2.55. The predicted molar refractivity (Wildman–Crippen MR) is 80.6 cm³/mol. The van der Waals surface area contributed by atoms with E-state index in [4.69, 9.17) is 9.47 Å². The summed E-state index contributed by atoms with van der Waals surface area (Å²) >= 11 is 0. The molecule has 0 aliphatic heterocycles. The van der Waals surface area contributed by atoms with Crippen molar-refractivity contribution in [1.82, 2.24) is 5.32 Å². The van der Waals surface area contributed by atoms with Crippen LogP contribution in [0.25, 0.3) is 0 Å². The summed E-state index contributed by atoms with van der Waals surface area (Å²) in [5, 5.41) is 3.69. The van der Waals surface area contributed by atoms with Crippen molar-refractivity contribution in [3.05, 3.63) is 35.9 Å². The van der Waals surface area contributed by atoms with Gasteiger partial charge in [0, 0.05) is 18.0 Å². The molecule has 1 aromatic carbocycles. The Balaban J connectivity index is 1.86. The van der Waals surface area contributed by atoms with E-state index in [0.29, 0.717) is 0 Å². The number of benzene rings is 1. The summed E-state index contributed by atoms with van der Waals surface area (Å²) in [5.74, 6) is 1.62. The average Bonchev–Trinajstić information content (AvgIpc) is 3.21. The van der Waals surface area contributed by atoms with Crippen LogP contribution in [0.1, 0.15) is 31.2 Å². The second-order valence-electron chi connectivity index (χ2n) is 5.88. The fourth-order valence-corrected chi connectivity index (χ4v) is 2.98. The fraction of sp³-hybridized carbons (Fsp3) is 0.529. The molecule has 1 saturated carbocycles. The molecule has 0 heterocycles. The lowest BCUT2D eigenvalue weighted by molar-refractivity contribution is 0.351. The number of nitrogens with one attached hydrogen (secondary N) is 1. The van der Waals surface area contributed by atoms with Crippen molar-refractivity contribution in [2.75, 3.05) is 20.8 Å². The van der Waals surface area contributed by atoms with Crippen molar-refractivity contribution < 1.29 is 9.47 Å². The number of hydrogen-bond donors (Lipinski definition) is 1. The lowest BCUT2D eigenvalue weighted by Crippen LogP contribution is -2.37. The molecule has 0 unspecified atom stereocenters. The summed E-state index contributed by atoms with van der Waals surface area (Å²) in [6.07, 6.45) is 9.45. The van der Waals surface area contributed by atoms with Gasteiger partial charge in [0.2, 0.25) is 0 Å². The van der Waals surface area contributed by atoms with Gasteiger partial charge in [-0.2, -0.15) is 0 Å². The first-order valence-electron chi connectivity index (χ1n) is 7.38. The van der Waals surface area contributed by atoms with Gasteiger partial charge in [-0.05, 0) is 43.4 Å². The van der Waals surface area contributed by atoms with Crippen LogP contribution >= 0.6 is 0 Å². The predicted octanol–water partition coefficient (Wildman–Crippen LogP) is 3.04. The van der Waals surface area contributed by atoms with Gasteiger partial charge in [0.25, 0.3) is 0 Å². The molecule has 3 rings (SSSR count). The van der Waals surface area contributed by atoms with Crippen LogP contribution in [0.15, 0.2) is 30.4 Å². The summed E-state index contributed by atoms with van der Waals surface area (Å²) in [7, 11) is 3.38. The highest BCUT2D eigenvalue weighted by Crippen LogP contribution is 2.40. The smallest absolute Gasteiger partial charge is 0.161 e. The molecule has 1 fully saturated rings. The van der Waals surface area contributed by atoms with Gasteiger partial charge in [-0.25, -0.2) is 0 Å². The molecule has 0 saturated heterocycles. The van der Waals surface area contributed by atoms with Gasteiger partial charge < -0.3 is 14.8 Å². The summed E-state index contributed by atoms with van der Waals surface area (Å²) in [6, 6.07) is 7.09. The topological polar surface area (TPSA) is 30.5 Å². The Hall–Kier alpha value is -1.48. The first-order chi connectivity index (χ1) is 9.77. The van der Waals surface area contributed by atoms with Gasteiger partial charge >= 0.3 is 0 Å². The zero-order valence-corrected chi connectivity index (χ0v) is 12.3. The second-order valence-corrected chi connectivity index (χ2v) is 5.88. The van der Waals surface area contributed by atoms with Crippen molar-refractivity contribution in [3.63, 3.8) is 0 Å². The maximum absolute atomic E-state index is 5.45. The van der Waals surface area contributed by atoms with Crippen LogP contribution < -0.4 is 14.8 Å². The lowest BCUT2D eigenvalue weighted by atomic mass is 9.78. The van der Waals surface area contributed by atoms with Crippen molar-refractivity contribution in [3.8, 4) is 11.5 Å². The van der Waals surface area contributed by atoms with E-state index in [1.165, 1.54) is 18.4 Å². The Morgan fingerprint density at radius 1 is 1.10 bits per heavy atom. The zero-order chi connectivity index (χ0) is 14.0. The molecule has 2 aliphatic rings. The molecule has 1 N–H and O–H groups in total. The Morgan fingerprint density at radius 2 is 1.80 bits per heavy atom. The first-order valence-corrected chi connectivity index (χ1v) is 7.38. The molecule has 1 aromatic rings.